The highest BCUT2D eigenvalue weighted by Crippen LogP contribution is 2.28. The molecule has 0 spiro atoms. The van der Waals surface area contributed by atoms with E-state index in [2.05, 4.69) is 16.3 Å². The van der Waals surface area contributed by atoms with Crippen molar-refractivity contribution >= 4 is 0 Å². The highest BCUT2D eigenvalue weighted by Gasteiger charge is 2.29. The molecule has 2 heterocycles. The number of rotatable bonds is 6. The quantitative estimate of drug-likeness (QED) is 0.832. The zero-order chi connectivity index (χ0) is 12.2. The molecular weight excluding hydrogens is 228 g/mol. The lowest BCUT2D eigenvalue weighted by molar-refractivity contribution is 0.0687. The fourth-order valence-electron chi connectivity index (χ4n) is 2.56. The second-order valence-corrected chi connectivity index (χ2v) is 5.30. The predicted octanol–water partition coefficient (Wildman–Crippen LogP) is 1.62. The molecule has 1 unspecified atom stereocenters. The van der Waals surface area contributed by atoms with Crippen LogP contribution in [0.2, 0.25) is 0 Å². The molecule has 1 saturated carbocycles. The molecular formula is C14H22N2O2. The number of morpholine rings is 1. The van der Waals surface area contributed by atoms with Gasteiger partial charge in [0.2, 0.25) is 0 Å². The Morgan fingerprint density at radius 1 is 1.39 bits per heavy atom. The second kappa shape index (κ2) is 5.87. The van der Waals surface area contributed by atoms with Gasteiger partial charge < -0.3 is 14.5 Å². The predicted molar refractivity (Wildman–Crippen MR) is 69.4 cm³/mol. The first kappa shape index (κ1) is 12.2. The first-order valence-electron chi connectivity index (χ1n) is 6.99. The van der Waals surface area contributed by atoms with Crippen LogP contribution in [0.3, 0.4) is 0 Å². The van der Waals surface area contributed by atoms with Crippen LogP contribution in [0.1, 0.15) is 25.0 Å². The van der Waals surface area contributed by atoms with Gasteiger partial charge in [-0.2, -0.15) is 0 Å². The zero-order valence-electron chi connectivity index (χ0n) is 10.8. The molecule has 4 nitrogen and oxygen atoms in total. The minimum atomic E-state index is 0.525. The Bertz CT molecular complexity index is 343. The van der Waals surface area contributed by atoms with Gasteiger partial charge in [0, 0.05) is 25.2 Å². The molecule has 2 aliphatic rings. The maximum atomic E-state index is 5.50. The summed E-state index contributed by atoms with van der Waals surface area (Å²) in [5.41, 5.74) is 0. The van der Waals surface area contributed by atoms with E-state index in [1.807, 2.05) is 6.07 Å². The summed E-state index contributed by atoms with van der Waals surface area (Å²) in [6.45, 7) is 4.79. The molecule has 1 N–H and O–H groups in total. The van der Waals surface area contributed by atoms with Gasteiger partial charge in [-0.25, -0.2) is 0 Å². The third-order valence-corrected chi connectivity index (χ3v) is 3.77. The van der Waals surface area contributed by atoms with Crippen LogP contribution in [0.4, 0.5) is 0 Å². The van der Waals surface area contributed by atoms with Gasteiger partial charge in [0.05, 0.1) is 26.0 Å². The molecule has 3 rings (SSSR count). The normalized spacial score (nSPS) is 24.6. The van der Waals surface area contributed by atoms with E-state index in [0.717, 1.165) is 51.1 Å². The molecule has 0 radical (unpaired) electrons. The van der Waals surface area contributed by atoms with Crippen LogP contribution in [0.15, 0.2) is 22.8 Å². The van der Waals surface area contributed by atoms with Gasteiger partial charge in [-0.1, -0.05) is 0 Å². The average molecular weight is 250 g/mol. The molecule has 0 aromatic carbocycles. The fraction of sp³-hybridized carbons (Fsp3) is 0.714. The zero-order valence-corrected chi connectivity index (χ0v) is 10.8. The van der Waals surface area contributed by atoms with E-state index < -0.39 is 0 Å². The fourth-order valence-corrected chi connectivity index (χ4v) is 2.56. The number of ether oxygens (including phenoxy) is 1. The number of hydrogen-bond donors (Lipinski definition) is 1. The highest BCUT2D eigenvalue weighted by atomic mass is 16.5. The molecule has 1 saturated heterocycles. The van der Waals surface area contributed by atoms with Crippen LogP contribution in [0.5, 0.6) is 0 Å². The molecule has 1 aliphatic heterocycles. The molecule has 2 fully saturated rings. The topological polar surface area (TPSA) is 37.6 Å². The van der Waals surface area contributed by atoms with E-state index in [9.17, 15) is 0 Å². The first-order valence-corrected chi connectivity index (χ1v) is 6.99. The summed E-state index contributed by atoms with van der Waals surface area (Å²) in [6.07, 6.45) is 5.61. The third kappa shape index (κ3) is 3.34. The largest absolute Gasteiger partial charge is 0.468 e. The van der Waals surface area contributed by atoms with Gasteiger partial charge in [-0.3, -0.25) is 4.90 Å². The lowest BCUT2D eigenvalue weighted by atomic mass is 10.2. The van der Waals surface area contributed by atoms with Gasteiger partial charge in [0.15, 0.2) is 0 Å². The Labute approximate surface area is 108 Å². The maximum Gasteiger partial charge on any atom is 0.117 e. The minimum absolute atomic E-state index is 0.525. The van der Waals surface area contributed by atoms with E-state index in [1.54, 1.807) is 6.26 Å². The van der Waals surface area contributed by atoms with Gasteiger partial charge >= 0.3 is 0 Å². The lowest BCUT2D eigenvalue weighted by Gasteiger charge is -2.27. The van der Waals surface area contributed by atoms with Crippen LogP contribution < -0.4 is 5.32 Å². The van der Waals surface area contributed by atoms with E-state index >= 15 is 0 Å². The molecule has 18 heavy (non-hydrogen) atoms. The Hall–Kier alpha value is -0.840. The standard InChI is InChI=1S/C14H22N2O2/c1-2-14(18-8-1)10-16(13-3-4-13)7-5-12-11-17-9-6-15-12/h1-2,8,12-13,15H,3-7,9-11H2. The van der Waals surface area contributed by atoms with Crippen molar-refractivity contribution in [3.8, 4) is 0 Å². The molecule has 0 amide bonds. The number of nitrogens with one attached hydrogen (secondary N) is 1. The summed E-state index contributed by atoms with van der Waals surface area (Å²) in [5.74, 6) is 1.08. The summed E-state index contributed by atoms with van der Waals surface area (Å²) < 4.78 is 10.9. The molecule has 1 atom stereocenters. The van der Waals surface area contributed by atoms with Crippen LogP contribution >= 0.6 is 0 Å². The minimum Gasteiger partial charge on any atom is -0.468 e. The van der Waals surface area contributed by atoms with Crippen molar-refractivity contribution in [2.75, 3.05) is 26.3 Å². The van der Waals surface area contributed by atoms with E-state index in [1.165, 1.54) is 12.8 Å². The van der Waals surface area contributed by atoms with Crippen molar-refractivity contribution in [1.29, 1.82) is 0 Å². The van der Waals surface area contributed by atoms with Gasteiger partial charge in [0.25, 0.3) is 0 Å². The Balaban J connectivity index is 1.47. The smallest absolute Gasteiger partial charge is 0.117 e. The van der Waals surface area contributed by atoms with E-state index in [-0.39, 0.29) is 0 Å². The molecule has 1 aromatic heterocycles. The maximum absolute atomic E-state index is 5.50. The summed E-state index contributed by atoms with van der Waals surface area (Å²) in [7, 11) is 0. The van der Waals surface area contributed by atoms with Crippen molar-refractivity contribution in [3.63, 3.8) is 0 Å². The van der Waals surface area contributed by atoms with Crippen molar-refractivity contribution in [2.24, 2.45) is 0 Å². The Kier molecular flexibility index (Phi) is 3.98. The van der Waals surface area contributed by atoms with Crippen molar-refractivity contribution in [3.05, 3.63) is 24.2 Å². The lowest BCUT2D eigenvalue weighted by Crippen LogP contribution is -2.43. The number of nitrogens with zero attached hydrogens (tertiary/aromatic N) is 1. The summed E-state index contributed by atoms with van der Waals surface area (Å²) in [6, 6.07) is 5.34. The van der Waals surface area contributed by atoms with E-state index in [0.29, 0.717) is 6.04 Å². The second-order valence-electron chi connectivity index (χ2n) is 5.30. The molecule has 0 bridgehead atoms. The van der Waals surface area contributed by atoms with Crippen molar-refractivity contribution in [2.45, 2.75) is 37.9 Å². The van der Waals surface area contributed by atoms with Gasteiger partial charge in [-0.05, 0) is 31.4 Å². The number of hydrogen-bond acceptors (Lipinski definition) is 4. The monoisotopic (exact) mass is 250 g/mol. The number of furan rings is 1. The molecule has 1 aromatic rings. The molecule has 100 valence electrons. The van der Waals surface area contributed by atoms with Crippen molar-refractivity contribution in [1.82, 2.24) is 10.2 Å². The third-order valence-electron chi connectivity index (χ3n) is 3.77. The summed E-state index contributed by atoms with van der Waals surface area (Å²) in [4.78, 5) is 2.55. The van der Waals surface area contributed by atoms with Gasteiger partial charge in [0.1, 0.15) is 5.76 Å². The summed E-state index contributed by atoms with van der Waals surface area (Å²) >= 11 is 0. The van der Waals surface area contributed by atoms with E-state index in [4.69, 9.17) is 9.15 Å². The van der Waals surface area contributed by atoms with Crippen LogP contribution in [-0.2, 0) is 11.3 Å². The Morgan fingerprint density at radius 3 is 3.00 bits per heavy atom. The highest BCUT2D eigenvalue weighted by molar-refractivity contribution is 4.99. The van der Waals surface area contributed by atoms with Crippen LogP contribution in [0, 0.1) is 0 Å². The van der Waals surface area contributed by atoms with Crippen LogP contribution in [-0.4, -0.2) is 43.3 Å². The van der Waals surface area contributed by atoms with Crippen molar-refractivity contribution < 1.29 is 9.15 Å². The first-order chi connectivity index (χ1) is 8.92. The molecule has 4 heteroatoms. The Morgan fingerprint density at radius 2 is 2.33 bits per heavy atom. The average Bonchev–Trinajstić information content (AvgIpc) is 3.13. The SMILES string of the molecule is c1coc(CN(CCC2COCCN2)C2CC2)c1. The van der Waals surface area contributed by atoms with Crippen LogP contribution in [0.25, 0.3) is 0 Å². The summed E-state index contributed by atoms with van der Waals surface area (Å²) in [5, 5.41) is 3.52. The molecule has 1 aliphatic carbocycles. The van der Waals surface area contributed by atoms with Gasteiger partial charge in [-0.15, -0.1) is 0 Å².